The maximum absolute atomic E-state index is 12.2. The maximum Gasteiger partial charge on any atom is 0.237 e. The van der Waals surface area contributed by atoms with Crippen molar-refractivity contribution in [2.45, 2.75) is 38.3 Å². The predicted molar refractivity (Wildman–Crippen MR) is 74.8 cm³/mol. The number of benzene rings is 1. The summed E-state index contributed by atoms with van der Waals surface area (Å²) in [5, 5.41) is 12.2. The van der Waals surface area contributed by atoms with E-state index < -0.39 is 0 Å². The van der Waals surface area contributed by atoms with E-state index >= 15 is 0 Å². The fourth-order valence-electron chi connectivity index (χ4n) is 2.50. The standard InChI is InChI=1S/C15H22N2O2/c1-17-10-4-2-3-5-14(17)15(19)16-11-12-6-8-13(18)9-7-12/h6-9,14,18H,2-5,10-11H2,1H3,(H,16,19)/t14-/m0/s1. The van der Waals surface area contributed by atoms with Crippen molar-refractivity contribution in [2.24, 2.45) is 0 Å². The van der Waals surface area contributed by atoms with Crippen LogP contribution >= 0.6 is 0 Å². The highest BCUT2D eigenvalue weighted by Crippen LogP contribution is 2.15. The molecule has 2 rings (SSSR count). The van der Waals surface area contributed by atoms with Crippen molar-refractivity contribution in [2.75, 3.05) is 13.6 Å². The maximum atomic E-state index is 12.2. The average molecular weight is 262 g/mol. The molecule has 0 aromatic heterocycles. The first-order valence-electron chi connectivity index (χ1n) is 6.92. The molecule has 0 saturated carbocycles. The van der Waals surface area contributed by atoms with Crippen molar-refractivity contribution in [3.8, 4) is 5.75 Å². The number of nitrogens with one attached hydrogen (secondary N) is 1. The lowest BCUT2D eigenvalue weighted by Crippen LogP contribution is -2.44. The normalized spacial score (nSPS) is 20.8. The number of rotatable bonds is 3. The SMILES string of the molecule is CN1CCCCC[C@H]1C(=O)NCc1ccc(O)cc1. The van der Waals surface area contributed by atoms with Gasteiger partial charge < -0.3 is 10.4 Å². The van der Waals surface area contributed by atoms with E-state index in [1.54, 1.807) is 12.1 Å². The van der Waals surface area contributed by atoms with Crippen LogP contribution in [-0.4, -0.2) is 35.5 Å². The minimum Gasteiger partial charge on any atom is -0.508 e. The molecule has 1 aromatic rings. The molecule has 4 heteroatoms. The molecule has 1 aliphatic rings. The van der Waals surface area contributed by atoms with Crippen LogP contribution in [0.2, 0.25) is 0 Å². The van der Waals surface area contributed by atoms with Crippen molar-refractivity contribution in [3.63, 3.8) is 0 Å². The summed E-state index contributed by atoms with van der Waals surface area (Å²) in [5.41, 5.74) is 1.00. The van der Waals surface area contributed by atoms with E-state index in [2.05, 4.69) is 10.2 Å². The van der Waals surface area contributed by atoms with Gasteiger partial charge in [0.05, 0.1) is 6.04 Å². The van der Waals surface area contributed by atoms with Crippen LogP contribution < -0.4 is 5.32 Å². The molecule has 1 amide bonds. The molecular weight excluding hydrogens is 240 g/mol. The number of amides is 1. The first kappa shape index (κ1) is 13.9. The second kappa shape index (κ2) is 6.57. The van der Waals surface area contributed by atoms with Crippen LogP contribution in [0, 0.1) is 0 Å². The number of carbonyl (C=O) groups is 1. The van der Waals surface area contributed by atoms with Crippen LogP contribution in [0.5, 0.6) is 5.75 Å². The Morgan fingerprint density at radius 1 is 1.32 bits per heavy atom. The van der Waals surface area contributed by atoms with Gasteiger partial charge in [-0.25, -0.2) is 0 Å². The molecule has 1 aliphatic heterocycles. The highest BCUT2D eigenvalue weighted by atomic mass is 16.3. The number of hydrogen-bond acceptors (Lipinski definition) is 3. The fourth-order valence-corrected chi connectivity index (χ4v) is 2.50. The topological polar surface area (TPSA) is 52.6 Å². The van der Waals surface area contributed by atoms with Crippen LogP contribution in [0.3, 0.4) is 0 Å². The molecule has 4 nitrogen and oxygen atoms in total. The van der Waals surface area contributed by atoms with Crippen LogP contribution in [0.1, 0.15) is 31.2 Å². The summed E-state index contributed by atoms with van der Waals surface area (Å²) in [6.07, 6.45) is 4.46. The molecule has 0 radical (unpaired) electrons. The van der Waals surface area contributed by atoms with Crippen molar-refractivity contribution < 1.29 is 9.90 Å². The van der Waals surface area contributed by atoms with Crippen LogP contribution in [0.15, 0.2) is 24.3 Å². The first-order valence-corrected chi connectivity index (χ1v) is 6.92. The van der Waals surface area contributed by atoms with Crippen molar-refractivity contribution in [1.82, 2.24) is 10.2 Å². The monoisotopic (exact) mass is 262 g/mol. The van der Waals surface area contributed by atoms with Crippen LogP contribution in [0.25, 0.3) is 0 Å². The number of likely N-dealkylation sites (N-methyl/N-ethyl adjacent to an activating group) is 1. The van der Waals surface area contributed by atoms with Gasteiger partial charge in [-0.15, -0.1) is 0 Å². The third-order valence-corrected chi connectivity index (χ3v) is 3.73. The minimum absolute atomic E-state index is 0.000356. The van der Waals surface area contributed by atoms with Gasteiger partial charge in [-0.2, -0.15) is 0 Å². The highest BCUT2D eigenvalue weighted by Gasteiger charge is 2.24. The third-order valence-electron chi connectivity index (χ3n) is 3.73. The Labute approximate surface area is 114 Å². The molecule has 2 N–H and O–H groups in total. The van der Waals surface area contributed by atoms with Gasteiger partial charge in [0, 0.05) is 6.54 Å². The molecule has 0 spiro atoms. The fraction of sp³-hybridized carbons (Fsp3) is 0.533. The number of aromatic hydroxyl groups is 1. The third kappa shape index (κ3) is 3.96. The number of hydrogen-bond donors (Lipinski definition) is 2. The van der Waals surface area contributed by atoms with E-state index in [-0.39, 0.29) is 17.7 Å². The number of nitrogens with zero attached hydrogens (tertiary/aromatic N) is 1. The molecule has 104 valence electrons. The second-order valence-electron chi connectivity index (χ2n) is 5.23. The van der Waals surface area contributed by atoms with E-state index in [1.807, 2.05) is 19.2 Å². The predicted octanol–water partition coefficient (Wildman–Crippen LogP) is 1.88. The van der Waals surface area contributed by atoms with E-state index in [1.165, 1.54) is 12.8 Å². The van der Waals surface area contributed by atoms with Crippen molar-refractivity contribution in [1.29, 1.82) is 0 Å². The molecule has 1 atom stereocenters. The van der Waals surface area contributed by atoms with Gasteiger partial charge in [0.25, 0.3) is 0 Å². The summed E-state index contributed by atoms with van der Waals surface area (Å²) in [6.45, 7) is 1.51. The van der Waals surface area contributed by atoms with E-state index in [9.17, 15) is 9.90 Å². The Balaban J connectivity index is 1.87. The van der Waals surface area contributed by atoms with Gasteiger partial charge in [0.1, 0.15) is 5.75 Å². The zero-order valence-electron chi connectivity index (χ0n) is 11.4. The minimum atomic E-state index is -0.000356. The first-order chi connectivity index (χ1) is 9.16. The van der Waals surface area contributed by atoms with Crippen LogP contribution in [0.4, 0.5) is 0 Å². The molecule has 1 heterocycles. The van der Waals surface area contributed by atoms with E-state index in [0.717, 1.165) is 24.9 Å². The average Bonchev–Trinajstić information content (AvgIpc) is 2.62. The lowest BCUT2D eigenvalue weighted by molar-refractivity contribution is -0.126. The van der Waals surface area contributed by atoms with Gasteiger partial charge in [-0.3, -0.25) is 9.69 Å². The molecular formula is C15H22N2O2. The Morgan fingerprint density at radius 3 is 2.79 bits per heavy atom. The molecule has 0 aliphatic carbocycles. The summed E-state index contributed by atoms with van der Waals surface area (Å²) in [4.78, 5) is 14.4. The Kier molecular flexibility index (Phi) is 4.80. The Bertz CT molecular complexity index is 417. The quantitative estimate of drug-likeness (QED) is 0.874. The smallest absolute Gasteiger partial charge is 0.237 e. The van der Waals surface area contributed by atoms with Gasteiger partial charge in [0.2, 0.25) is 5.91 Å². The van der Waals surface area contributed by atoms with Gasteiger partial charge in [0.15, 0.2) is 0 Å². The van der Waals surface area contributed by atoms with Crippen molar-refractivity contribution in [3.05, 3.63) is 29.8 Å². The second-order valence-corrected chi connectivity index (χ2v) is 5.23. The summed E-state index contributed by atoms with van der Waals surface area (Å²) < 4.78 is 0. The summed E-state index contributed by atoms with van der Waals surface area (Å²) >= 11 is 0. The Hall–Kier alpha value is -1.55. The molecule has 0 unspecified atom stereocenters. The van der Waals surface area contributed by atoms with Gasteiger partial charge in [-0.05, 0) is 44.1 Å². The molecule has 19 heavy (non-hydrogen) atoms. The molecule has 1 aromatic carbocycles. The zero-order valence-corrected chi connectivity index (χ0v) is 11.4. The summed E-state index contributed by atoms with van der Waals surface area (Å²) in [6, 6.07) is 6.93. The van der Waals surface area contributed by atoms with Crippen LogP contribution in [-0.2, 0) is 11.3 Å². The lowest BCUT2D eigenvalue weighted by Gasteiger charge is -2.24. The van der Waals surface area contributed by atoms with Gasteiger partial charge >= 0.3 is 0 Å². The van der Waals surface area contributed by atoms with E-state index in [4.69, 9.17) is 0 Å². The number of likely N-dealkylation sites (tertiary alicyclic amines) is 1. The molecule has 1 saturated heterocycles. The summed E-state index contributed by atoms with van der Waals surface area (Å²) in [7, 11) is 2.02. The Morgan fingerprint density at radius 2 is 2.05 bits per heavy atom. The lowest BCUT2D eigenvalue weighted by atomic mass is 10.1. The number of phenolic OH excluding ortho intramolecular Hbond substituents is 1. The summed E-state index contributed by atoms with van der Waals surface area (Å²) in [5.74, 6) is 0.357. The number of phenols is 1. The molecule has 0 bridgehead atoms. The molecule has 1 fully saturated rings. The number of carbonyl (C=O) groups excluding carboxylic acids is 1. The van der Waals surface area contributed by atoms with Crippen molar-refractivity contribution >= 4 is 5.91 Å². The van der Waals surface area contributed by atoms with E-state index in [0.29, 0.717) is 6.54 Å². The largest absolute Gasteiger partial charge is 0.508 e. The highest BCUT2D eigenvalue weighted by molar-refractivity contribution is 5.81. The zero-order chi connectivity index (χ0) is 13.7. The van der Waals surface area contributed by atoms with Gasteiger partial charge in [-0.1, -0.05) is 25.0 Å².